The molecular weight excluding hydrogens is 340 g/mol. The average molecular weight is 375 g/mol. The van der Waals surface area contributed by atoms with Crippen LogP contribution in [0.25, 0.3) is 0 Å². The van der Waals surface area contributed by atoms with Crippen LogP contribution >= 0.6 is 0 Å². The number of unbranched alkanes of at least 4 members (excludes halogenated alkanes) is 2. The molecule has 1 unspecified atom stereocenters. The lowest BCUT2D eigenvalue weighted by atomic mass is 9.81. The van der Waals surface area contributed by atoms with Gasteiger partial charge in [-0.05, 0) is 44.6 Å². The summed E-state index contributed by atoms with van der Waals surface area (Å²) in [5.74, 6) is 1.06. The summed E-state index contributed by atoms with van der Waals surface area (Å²) in [4.78, 5) is 12.3. The first-order chi connectivity index (χ1) is 13.3. The van der Waals surface area contributed by atoms with E-state index in [0.29, 0.717) is 6.42 Å². The SMILES string of the molecule is CCCCCC(=O)O[C@H]1CCCC[C@@H]1c1ccccc1OC1CCCCO1. The molecule has 0 amide bonds. The van der Waals surface area contributed by atoms with Gasteiger partial charge in [-0.3, -0.25) is 4.79 Å². The van der Waals surface area contributed by atoms with E-state index in [1.807, 2.05) is 12.1 Å². The first-order valence-electron chi connectivity index (χ1n) is 10.8. The molecule has 0 N–H and O–H groups in total. The number of carbonyl (C=O) groups excluding carboxylic acids is 1. The lowest BCUT2D eigenvalue weighted by Gasteiger charge is -2.33. The highest BCUT2D eigenvalue weighted by molar-refractivity contribution is 5.69. The van der Waals surface area contributed by atoms with E-state index in [9.17, 15) is 4.79 Å². The molecule has 0 bridgehead atoms. The Kier molecular flexibility index (Phi) is 8.00. The highest BCUT2D eigenvalue weighted by Gasteiger charge is 2.32. The number of benzene rings is 1. The zero-order valence-electron chi connectivity index (χ0n) is 16.7. The monoisotopic (exact) mass is 374 g/mol. The van der Waals surface area contributed by atoms with Gasteiger partial charge in [0.1, 0.15) is 11.9 Å². The van der Waals surface area contributed by atoms with Crippen molar-refractivity contribution in [3.05, 3.63) is 29.8 Å². The van der Waals surface area contributed by atoms with Gasteiger partial charge in [0, 0.05) is 24.3 Å². The number of rotatable bonds is 8. The fourth-order valence-corrected chi connectivity index (χ4v) is 4.18. The Bertz CT molecular complexity index is 579. The summed E-state index contributed by atoms with van der Waals surface area (Å²) >= 11 is 0. The van der Waals surface area contributed by atoms with Gasteiger partial charge in [0.05, 0.1) is 6.61 Å². The van der Waals surface area contributed by atoms with E-state index in [4.69, 9.17) is 14.2 Å². The molecule has 4 nitrogen and oxygen atoms in total. The van der Waals surface area contributed by atoms with Crippen molar-refractivity contribution in [1.29, 1.82) is 0 Å². The summed E-state index contributed by atoms with van der Waals surface area (Å²) < 4.78 is 17.9. The van der Waals surface area contributed by atoms with Gasteiger partial charge in [-0.2, -0.15) is 0 Å². The zero-order valence-corrected chi connectivity index (χ0v) is 16.7. The number of ether oxygens (including phenoxy) is 3. The molecule has 1 aliphatic heterocycles. The van der Waals surface area contributed by atoms with Crippen LogP contribution in [0.15, 0.2) is 24.3 Å². The minimum Gasteiger partial charge on any atom is -0.465 e. The van der Waals surface area contributed by atoms with E-state index < -0.39 is 0 Å². The van der Waals surface area contributed by atoms with Crippen LogP contribution in [0.2, 0.25) is 0 Å². The number of carbonyl (C=O) groups is 1. The highest BCUT2D eigenvalue weighted by atomic mass is 16.7. The predicted molar refractivity (Wildman–Crippen MR) is 106 cm³/mol. The molecule has 27 heavy (non-hydrogen) atoms. The molecule has 0 aromatic heterocycles. The number of esters is 1. The molecule has 1 heterocycles. The Morgan fingerprint density at radius 2 is 1.89 bits per heavy atom. The molecule has 0 radical (unpaired) electrons. The van der Waals surface area contributed by atoms with Crippen molar-refractivity contribution in [2.45, 2.75) is 95.9 Å². The van der Waals surface area contributed by atoms with Crippen LogP contribution in [0.4, 0.5) is 0 Å². The molecule has 1 aromatic rings. The van der Waals surface area contributed by atoms with Crippen molar-refractivity contribution in [3.63, 3.8) is 0 Å². The van der Waals surface area contributed by atoms with E-state index in [2.05, 4.69) is 19.1 Å². The summed E-state index contributed by atoms with van der Waals surface area (Å²) in [6, 6.07) is 8.23. The second kappa shape index (κ2) is 10.7. The van der Waals surface area contributed by atoms with Gasteiger partial charge in [-0.25, -0.2) is 0 Å². The standard InChI is InChI=1S/C23H34O4/c1-2-3-4-15-22(24)26-20-13-7-5-11-18(20)19-12-6-8-14-21(19)27-23-16-9-10-17-25-23/h6,8,12,14,18,20,23H,2-5,7,9-11,13,15-17H2,1H3/t18-,20+,23?/m1/s1. The van der Waals surface area contributed by atoms with Crippen molar-refractivity contribution >= 4 is 5.97 Å². The van der Waals surface area contributed by atoms with Gasteiger partial charge >= 0.3 is 5.97 Å². The van der Waals surface area contributed by atoms with Gasteiger partial charge in [0.2, 0.25) is 0 Å². The molecule has 1 saturated carbocycles. The second-order valence-corrected chi connectivity index (χ2v) is 7.83. The molecule has 2 aliphatic rings. The minimum absolute atomic E-state index is 0.0371. The maximum Gasteiger partial charge on any atom is 0.306 e. The summed E-state index contributed by atoms with van der Waals surface area (Å²) in [6.45, 7) is 2.92. The number of para-hydroxylation sites is 1. The van der Waals surface area contributed by atoms with Crippen LogP contribution in [0, 0.1) is 0 Å². The molecule has 4 heteroatoms. The van der Waals surface area contributed by atoms with Crippen LogP contribution in [0.1, 0.15) is 89.0 Å². The zero-order chi connectivity index (χ0) is 18.9. The Morgan fingerprint density at radius 1 is 1.07 bits per heavy atom. The van der Waals surface area contributed by atoms with Gasteiger partial charge in [0.15, 0.2) is 6.29 Å². The van der Waals surface area contributed by atoms with Crippen molar-refractivity contribution in [3.8, 4) is 5.75 Å². The van der Waals surface area contributed by atoms with Crippen molar-refractivity contribution in [2.24, 2.45) is 0 Å². The van der Waals surface area contributed by atoms with Crippen LogP contribution < -0.4 is 4.74 Å². The number of hydrogen-bond donors (Lipinski definition) is 0. The second-order valence-electron chi connectivity index (χ2n) is 7.83. The molecule has 150 valence electrons. The Labute approximate surface area is 163 Å². The molecule has 3 atom stereocenters. The smallest absolute Gasteiger partial charge is 0.306 e. The van der Waals surface area contributed by atoms with Gasteiger partial charge < -0.3 is 14.2 Å². The molecule has 2 fully saturated rings. The fourth-order valence-electron chi connectivity index (χ4n) is 4.18. The third kappa shape index (κ3) is 5.97. The molecule has 3 rings (SSSR count). The molecular formula is C23H34O4. The normalized spacial score (nSPS) is 25.7. The van der Waals surface area contributed by atoms with E-state index in [0.717, 1.165) is 75.7 Å². The predicted octanol–water partition coefficient (Wildman–Crippen LogP) is 5.74. The van der Waals surface area contributed by atoms with Gasteiger partial charge in [-0.1, -0.05) is 44.4 Å². The minimum atomic E-state index is -0.154. The quantitative estimate of drug-likeness (QED) is 0.430. The number of hydrogen-bond acceptors (Lipinski definition) is 4. The highest BCUT2D eigenvalue weighted by Crippen LogP contribution is 2.40. The summed E-state index contributed by atoms with van der Waals surface area (Å²) in [7, 11) is 0. The Morgan fingerprint density at radius 3 is 2.70 bits per heavy atom. The average Bonchev–Trinajstić information content (AvgIpc) is 2.70. The maximum absolute atomic E-state index is 12.3. The molecule has 1 aromatic carbocycles. The van der Waals surface area contributed by atoms with Gasteiger partial charge in [-0.15, -0.1) is 0 Å². The van der Waals surface area contributed by atoms with E-state index >= 15 is 0 Å². The van der Waals surface area contributed by atoms with E-state index in [1.165, 1.54) is 6.42 Å². The van der Waals surface area contributed by atoms with Crippen molar-refractivity contribution in [2.75, 3.05) is 6.61 Å². The third-order valence-electron chi connectivity index (χ3n) is 5.68. The molecule has 1 aliphatic carbocycles. The summed E-state index contributed by atoms with van der Waals surface area (Å²) in [5.41, 5.74) is 1.16. The first-order valence-corrected chi connectivity index (χ1v) is 10.8. The van der Waals surface area contributed by atoms with E-state index in [-0.39, 0.29) is 24.3 Å². The van der Waals surface area contributed by atoms with Crippen LogP contribution in [0.3, 0.4) is 0 Å². The van der Waals surface area contributed by atoms with Crippen molar-refractivity contribution in [1.82, 2.24) is 0 Å². The lowest BCUT2D eigenvalue weighted by molar-refractivity contribution is -0.151. The Balaban J connectivity index is 1.67. The van der Waals surface area contributed by atoms with E-state index in [1.54, 1.807) is 0 Å². The first kappa shape index (κ1) is 20.2. The lowest BCUT2D eigenvalue weighted by Crippen LogP contribution is -2.30. The van der Waals surface area contributed by atoms with Crippen LogP contribution in [-0.2, 0) is 14.3 Å². The maximum atomic E-state index is 12.3. The third-order valence-corrected chi connectivity index (χ3v) is 5.68. The Hall–Kier alpha value is -1.55. The van der Waals surface area contributed by atoms with Crippen LogP contribution in [-0.4, -0.2) is 25.0 Å². The summed E-state index contributed by atoms with van der Waals surface area (Å²) in [6.07, 6.45) is 10.9. The topological polar surface area (TPSA) is 44.8 Å². The fraction of sp³-hybridized carbons (Fsp3) is 0.696. The summed E-state index contributed by atoms with van der Waals surface area (Å²) in [5, 5.41) is 0. The largest absolute Gasteiger partial charge is 0.465 e. The molecule has 0 spiro atoms. The van der Waals surface area contributed by atoms with Crippen molar-refractivity contribution < 1.29 is 19.0 Å². The molecule has 1 saturated heterocycles. The van der Waals surface area contributed by atoms with Gasteiger partial charge in [0.25, 0.3) is 0 Å². The van der Waals surface area contributed by atoms with Crippen LogP contribution in [0.5, 0.6) is 5.75 Å².